The van der Waals surface area contributed by atoms with Crippen molar-refractivity contribution in [3.8, 4) is 45.6 Å². The second-order valence-electron chi connectivity index (χ2n) is 8.11. The molecule has 1 aliphatic carbocycles. The summed E-state index contributed by atoms with van der Waals surface area (Å²) in [6, 6.07) is 3.91. The highest BCUT2D eigenvalue weighted by Crippen LogP contribution is 2.55. The zero-order chi connectivity index (χ0) is 23.6. The number of hydrogen-bond acceptors (Lipinski definition) is 7. The maximum Gasteiger partial charge on any atom is 0.308 e. The number of esters is 1. The van der Waals surface area contributed by atoms with Crippen molar-refractivity contribution >= 4 is 5.97 Å². The van der Waals surface area contributed by atoms with Crippen LogP contribution in [0.2, 0.25) is 0 Å². The molecule has 7 heteroatoms. The fourth-order valence-electron chi connectivity index (χ4n) is 4.43. The van der Waals surface area contributed by atoms with Gasteiger partial charge in [-0.05, 0) is 47.9 Å². The highest BCUT2D eigenvalue weighted by molar-refractivity contribution is 5.89. The molecule has 0 N–H and O–H groups in total. The molecule has 0 aromatic heterocycles. The molecule has 0 saturated carbocycles. The minimum atomic E-state index is -0.464. The van der Waals surface area contributed by atoms with Crippen molar-refractivity contribution in [1.82, 2.24) is 0 Å². The van der Waals surface area contributed by atoms with Crippen LogP contribution in [0.25, 0.3) is 11.1 Å². The normalized spacial score (nSPS) is 17.2. The Morgan fingerprint density at radius 1 is 0.688 bits per heavy atom. The number of hydrogen-bond donors (Lipinski definition) is 0. The molecule has 7 nitrogen and oxygen atoms in total. The molecule has 0 aliphatic heterocycles. The first-order valence-corrected chi connectivity index (χ1v) is 10.6. The van der Waals surface area contributed by atoms with E-state index in [1.807, 2.05) is 12.1 Å². The van der Waals surface area contributed by atoms with E-state index >= 15 is 0 Å². The van der Waals surface area contributed by atoms with Crippen molar-refractivity contribution in [2.24, 2.45) is 11.8 Å². The Morgan fingerprint density at radius 2 is 1.09 bits per heavy atom. The number of carbonyl (C=O) groups is 1. The van der Waals surface area contributed by atoms with Crippen molar-refractivity contribution in [3.63, 3.8) is 0 Å². The van der Waals surface area contributed by atoms with E-state index in [0.717, 1.165) is 35.1 Å². The Kier molecular flexibility index (Phi) is 7.06. The molecular weight excluding hydrogens is 412 g/mol. The van der Waals surface area contributed by atoms with Gasteiger partial charge in [-0.2, -0.15) is 0 Å². The van der Waals surface area contributed by atoms with Gasteiger partial charge in [-0.1, -0.05) is 13.8 Å². The maximum atomic E-state index is 11.9. The molecule has 0 fully saturated rings. The summed E-state index contributed by atoms with van der Waals surface area (Å²) in [5.74, 6) is 3.05. The summed E-state index contributed by atoms with van der Waals surface area (Å²) in [4.78, 5) is 11.9. The van der Waals surface area contributed by atoms with Gasteiger partial charge in [0.25, 0.3) is 0 Å². The summed E-state index contributed by atoms with van der Waals surface area (Å²) in [5, 5.41) is 0. The van der Waals surface area contributed by atoms with Crippen molar-refractivity contribution in [1.29, 1.82) is 0 Å². The summed E-state index contributed by atoms with van der Waals surface area (Å²) in [6.45, 7) is 5.82. The first kappa shape index (κ1) is 23.6. The van der Waals surface area contributed by atoms with Gasteiger partial charge < -0.3 is 28.4 Å². The van der Waals surface area contributed by atoms with Crippen LogP contribution in [0.3, 0.4) is 0 Å². The van der Waals surface area contributed by atoms with Crippen LogP contribution in [-0.2, 0) is 17.6 Å². The third-order valence-corrected chi connectivity index (χ3v) is 6.17. The van der Waals surface area contributed by atoms with Gasteiger partial charge in [0.15, 0.2) is 23.0 Å². The van der Waals surface area contributed by atoms with Crippen LogP contribution >= 0.6 is 0 Å². The molecule has 174 valence electrons. The van der Waals surface area contributed by atoms with Crippen molar-refractivity contribution in [2.75, 3.05) is 35.5 Å². The first-order valence-electron chi connectivity index (χ1n) is 10.6. The van der Waals surface area contributed by atoms with Crippen LogP contribution in [0.1, 0.15) is 31.9 Å². The topological polar surface area (TPSA) is 72.5 Å². The lowest BCUT2D eigenvalue weighted by Gasteiger charge is -2.30. The molecule has 2 aromatic carbocycles. The quantitative estimate of drug-likeness (QED) is 0.473. The Hall–Kier alpha value is -3.09. The van der Waals surface area contributed by atoms with Crippen molar-refractivity contribution in [3.05, 3.63) is 23.3 Å². The van der Waals surface area contributed by atoms with Crippen LogP contribution in [0.5, 0.6) is 34.5 Å². The third kappa shape index (κ3) is 4.04. The summed E-state index contributed by atoms with van der Waals surface area (Å²) in [6.07, 6.45) is 1.60. The smallest absolute Gasteiger partial charge is 0.308 e. The Bertz CT molecular complexity index is 1010. The summed E-state index contributed by atoms with van der Waals surface area (Å²) in [7, 11) is 7.89. The van der Waals surface area contributed by atoms with Gasteiger partial charge in [0.1, 0.15) is 0 Å². The molecule has 0 spiro atoms. The van der Waals surface area contributed by atoms with E-state index in [9.17, 15) is 4.79 Å². The van der Waals surface area contributed by atoms with E-state index in [0.29, 0.717) is 40.6 Å². The van der Waals surface area contributed by atoms with E-state index in [2.05, 4.69) is 13.8 Å². The molecule has 2 atom stereocenters. The predicted molar refractivity (Wildman–Crippen MR) is 122 cm³/mol. The predicted octanol–water partition coefficient (Wildman–Crippen LogP) is 4.69. The lowest BCUT2D eigenvalue weighted by atomic mass is 9.77. The SMILES string of the molecule is COc1cc2c(c(OC)c1OC)-c1c(cc(OC)c(OC(C)=O)c1OC)C[C@@H](C)[C@@H](C)C2. The average molecular weight is 445 g/mol. The number of rotatable bonds is 6. The second-order valence-corrected chi connectivity index (χ2v) is 8.11. The summed E-state index contributed by atoms with van der Waals surface area (Å²) < 4.78 is 34.1. The number of methoxy groups -OCH3 is 5. The average Bonchev–Trinajstić information content (AvgIpc) is 2.77. The van der Waals surface area contributed by atoms with E-state index in [4.69, 9.17) is 28.4 Å². The Labute approximate surface area is 189 Å². The van der Waals surface area contributed by atoms with Gasteiger partial charge >= 0.3 is 5.97 Å². The zero-order valence-corrected chi connectivity index (χ0v) is 20.1. The molecule has 3 rings (SSSR count). The van der Waals surface area contributed by atoms with Crippen LogP contribution in [0, 0.1) is 11.8 Å². The highest BCUT2D eigenvalue weighted by atomic mass is 16.6. The van der Waals surface area contributed by atoms with Crippen LogP contribution in [-0.4, -0.2) is 41.5 Å². The summed E-state index contributed by atoms with van der Waals surface area (Å²) >= 11 is 0. The van der Waals surface area contributed by atoms with Gasteiger partial charge in [0.2, 0.25) is 11.5 Å². The molecular formula is C25H32O7. The largest absolute Gasteiger partial charge is 0.493 e. The molecule has 0 radical (unpaired) electrons. The molecule has 0 unspecified atom stereocenters. The monoisotopic (exact) mass is 444 g/mol. The molecule has 0 amide bonds. The fraction of sp³-hybridized carbons (Fsp3) is 0.480. The second kappa shape index (κ2) is 9.59. The maximum absolute atomic E-state index is 11.9. The fourth-order valence-corrected chi connectivity index (χ4v) is 4.43. The van der Waals surface area contributed by atoms with E-state index < -0.39 is 5.97 Å². The lowest BCUT2D eigenvalue weighted by Crippen LogP contribution is -2.19. The van der Waals surface area contributed by atoms with E-state index in [1.54, 1.807) is 35.5 Å². The molecule has 2 aromatic rings. The van der Waals surface area contributed by atoms with Crippen molar-refractivity contribution in [2.45, 2.75) is 33.6 Å². The number of benzene rings is 2. The zero-order valence-electron chi connectivity index (χ0n) is 20.1. The first-order chi connectivity index (χ1) is 15.3. The van der Waals surface area contributed by atoms with Gasteiger partial charge in [-0.3, -0.25) is 4.79 Å². The summed E-state index contributed by atoms with van der Waals surface area (Å²) in [5.41, 5.74) is 3.69. The third-order valence-electron chi connectivity index (χ3n) is 6.17. The minimum absolute atomic E-state index is 0.241. The van der Waals surface area contributed by atoms with E-state index in [-0.39, 0.29) is 5.75 Å². The number of ether oxygens (including phenoxy) is 6. The molecule has 0 heterocycles. The standard InChI is InChI=1S/C25H32O7/c1-13-9-16-11-18(27-4)22(29-6)24(30-7)20(16)21-17(10-14(13)2)12-19(28-5)23(25(21)31-8)32-15(3)26/h11-14H,9-10H2,1-8H3/t13-,14+/m0/s1. The molecule has 0 saturated heterocycles. The van der Waals surface area contributed by atoms with Gasteiger partial charge in [0.05, 0.1) is 35.5 Å². The highest BCUT2D eigenvalue weighted by Gasteiger charge is 2.33. The number of carbonyl (C=O) groups excluding carboxylic acids is 1. The van der Waals surface area contributed by atoms with Gasteiger partial charge in [0, 0.05) is 18.1 Å². The minimum Gasteiger partial charge on any atom is -0.493 e. The van der Waals surface area contributed by atoms with Crippen molar-refractivity contribution < 1.29 is 33.2 Å². The lowest BCUT2D eigenvalue weighted by molar-refractivity contribution is -0.132. The molecule has 0 bridgehead atoms. The van der Waals surface area contributed by atoms with Gasteiger partial charge in [-0.25, -0.2) is 0 Å². The van der Waals surface area contributed by atoms with Gasteiger partial charge in [-0.15, -0.1) is 0 Å². The Morgan fingerprint density at radius 3 is 1.47 bits per heavy atom. The Balaban J connectivity index is 2.51. The van der Waals surface area contributed by atoms with Crippen LogP contribution in [0.4, 0.5) is 0 Å². The molecule has 32 heavy (non-hydrogen) atoms. The van der Waals surface area contributed by atoms with Crippen LogP contribution in [0.15, 0.2) is 12.1 Å². The number of fused-ring (bicyclic) bond motifs is 3. The van der Waals surface area contributed by atoms with E-state index in [1.165, 1.54) is 6.92 Å². The molecule has 1 aliphatic rings. The van der Waals surface area contributed by atoms with Crippen LogP contribution < -0.4 is 28.4 Å².